The van der Waals surface area contributed by atoms with Gasteiger partial charge in [-0.1, -0.05) is 17.7 Å². The predicted octanol–water partition coefficient (Wildman–Crippen LogP) is 2.62. The first kappa shape index (κ1) is 18.6. The Morgan fingerprint density at radius 1 is 1.07 bits per heavy atom. The van der Waals surface area contributed by atoms with E-state index in [1.165, 1.54) is 0 Å². The molecule has 146 valence electrons. The van der Waals surface area contributed by atoms with E-state index in [4.69, 9.17) is 11.6 Å². The van der Waals surface area contributed by atoms with Crippen molar-refractivity contribution in [2.75, 3.05) is 49.1 Å². The molecule has 7 nitrogen and oxygen atoms in total. The maximum atomic E-state index is 13.0. The van der Waals surface area contributed by atoms with Crippen LogP contribution in [0.1, 0.15) is 16.8 Å². The van der Waals surface area contributed by atoms with Gasteiger partial charge < -0.3 is 15.1 Å². The molecule has 1 N–H and O–H groups in total. The summed E-state index contributed by atoms with van der Waals surface area (Å²) < 4.78 is 0. The quantitative estimate of drug-likeness (QED) is 0.861. The average Bonchev–Trinajstić information content (AvgIpc) is 2.74. The van der Waals surface area contributed by atoms with E-state index in [0.717, 1.165) is 17.9 Å². The highest BCUT2D eigenvalue weighted by atomic mass is 35.5. The molecule has 2 fully saturated rings. The van der Waals surface area contributed by atoms with Gasteiger partial charge in [-0.3, -0.25) is 9.69 Å². The fourth-order valence-electron chi connectivity index (χ4n) is 3.60. The Morgan fingerprint density at radius 2 is 1.89 bits per heavy atom. The van der Waals surface area contributed by atoms with Gasteiger partial charge in [-0.15, -0.1) is 0 Å². The van der Waals surface area contributed by atoms with Gasteiger partial charge in [-0.05, 0) is 36.8 Å². The number of carbonyl (C=O) groups is 2. The molecule has 2 aromatic rings. The van der Waals surface area contributed by atoms with Crippen molar-refractivity contribution in [1.82, 2.24) is 15.2 Å². The highest BCUT2D eigenvalue weighted by molar-refractivity contribution is 6.32. The minimum Gasteiger partial charge on any atom is -0.352 e. The minimum atomic E-state index is -0.114. The number of halogens is 1. The molecule has 0 spiro atoms. The van der Waals surface area contributed by atoms with Gasteiger partial charge in [0.1, 0.15) is 5.82 Å². The van der Waals surface area contributed by atoms with Crippen molar-refractivity contribution in [3.8, 4) is 0 Å². The molecule has 0 bridgehead atoms. The molecule has 8 heteroatoms. The summed E-state index contributed by atoms with van der Waals surface area (Å²) in [5, 5.41) is 3.46. The van der Waals surface area contributed by atoms with E-state index in [0.29, 0.717) is 49.9 Å². The number of aromatic nitrogens is 1. The minimum absolute atomic E-state index is 0.0222. The van der Waals surface area contributed by atoms with Crippen molar-refractivity contribution in [3.05, 3.63) is 53.2 Å². The van der Waals surface area contributed by atoms with Gasteiger partial charge in [0.15, 0.2) is 0 Å². The molecule has 1 aromatic heterocycles. The molecule has 1 aromatic carbocycles. The Balaban J connectivity index is 1.44. The van der Waals surface area contributed by atoms with Gasteiger partial charge in [0.25, 0.3) is 5.91 Å². The number of piperazine rings is 1. The summed E-state index contributed by atoms with van der Waals surface area (Å²) in [6.45, 7) is 3.90. The van der Waals surface area contributed by atoms with E-state index in [-0.39, 0.29) is 11.9 Å². The molecular weight excluding hydrogens is 378 g/mol. The first-order chi connectivity index (χ1) is 13.6. The summed E-state index contributed by atoms with van der Waals surface area (Å²) in [6.07, 6.45) is 2.61. The van der Waals surface area contributed by atoms with E-state index in [1.54, 1.807) is 29.3 Å². The molecule has 4 rings (SSSR count). The fourth-order valence-corrected chi connectivity index (χ4v) is 3.84. The predicted molar refractivity (Wildman–Crippen MR) is 109 cm³/mol. The molecule has 0 unspecified atom stereocenters. The molecular formula is C20H22ClN5O2. The Kier molecular flexibility index (Phi) is 5.34. The third kappa shape index (κ3) is 3.75. The second-order valence-electron chi connectivity index (χ2n) is 6.88. The first-order valence-electron chi connectivity index (χ1n) is 9.43. The summed E-state index contributed by atoms with van der Waals surface area (Å²) >= 11 is 6.23. The first-order valence-corrected chi connectivity index (χ1v) is 9.81. The normalized spacial score (nSPS) is 17.5. The molecule has 0 aliphatic carbocycles. The van der Waals surface area contributed by atoms with Crippen LogP contribution in [0.4, 0.5) is 16.3 Å². The monoisotopic (exact) mass is 399 g/mol. The summed E-state index contributed by atoms with van der Waals surface area (Å²) in [7, 11) is 0. The number of carbonyl (C=O) groups excluding carboxylic acids is 2. The number of nitrogens with zero attached hydrogens (tertiary/aromatic N) is 4. The van der Waals surface area contributed by atoms with E-state index >= 15 is 0 Å². The number of urea groups is 1. The van der Waals surface area contributed by atoms with Crippen LogP contribution in [0.25, 0.3) is 0 Å². The average molecular weight is 400 g/mol. The van der Waals surface area contributed by atoms with Crippen LogP contribution in [0, 0.1) is 0 Å². The number of nitrogens with one attached hydrogen (secondary N) is 1. The smallest absolute Gasteiger partial charge is 0.321 e. The number of benzene rings is 1. The molecule has 28 heavy (non-hydrogen) atoms. The van der Waals surface area contributed by atoms with Crippen molar-refractivity contribution in [3.63, 3.8) is 0 Å². The second kappa shape index (κ2) is 8.06. The standard InChI is InChI=1S/C20H22ClN5O2/c21-17-6-2-7-22-18(17)24-10-12-25(13-11-24)19(27)15-4-1-5-16(14-15)26-9-3-8-23-20(26)28/h1-2,4-7,14H,3,8-13H2,(H,23,28). The van der Waals surface area contributed by atoms with E-state index in [1.807, 2.05) is 23.1 Å². The molecule has 0 atom stereocenters. The molecule has 3 heterocycles. The van der Waals surface area contributed by atoms with Gasteiger partial charge >= 0.3 is 6.03 Å². The van der Waals surface area contributed by atoms with E-state index in [2.05, 4.69) is 15.2 Å². The van der Waals surface area contributed by atoms with Crippen molar-refractivity contribution in [2.45, 2.75) is 6.42 Å². The van der Waals surface area contributed by atoms with Crippen LogP contribution in [0.15, 0.2) is 42.6 Å². The zero-order valence-corrected chi connectivity index (χ0v) is 16.2. The lowest BCUT2D eigenvalue weighted by Crippen LogP contribution is -2.49. The number of rotatable bonds is 3. The fraction of sp³-hybridized carbons (Fsp3) is 0.350. The van der Waals surface area contributed by atoms with Crippen LogP contribution in [0.2, 0.25) is 5.02 Å². The lowest BCUT2D eigenvalue weighted by Gasteiger charge is -2.36. The Hall–Kier alpha value is -2.80. The number of hydrogen-bond donors (Lipinski definition) is 1. The second-order valence-corrected chi connectivity index (χ2v) is 7.28. The van der Waals surface area contributed by atoms with Gasteiger partial charge in [-0.25, -0.2) is 9.78 Å². The zero-order chi connectivity index (χ0) is 19.5. The maximum Gasteiger partial charge on any atom is 0.321 e. The molecule has 0 saturated carbocycles. The number of pyridine rings is 1. The summed E-state index contributed by atoms with van der Waals surface area (Å²) in [4.78, 5) is 35.0. The zero-order valence-electron chi connectivity index (χ0n) is 15.5. The SMILES string of the molecule is O=C(c1cccc(N2CCCNC2=O)c1)N1CCN(c2ncccc2Cl)CC1. The molecule has 2 aliphatic heterocycles. The van der Waals surface area contributed by atoms with Crippen LogP contribution in [0.3, 0.4) is 0 Å². The lowest BCUT2D eigenvalue weighted by atomic mass is 10.1. The van der Waals surface area contributed by atoms with Crippen molar-refractivity contribution < 1.29 is 9.59 Å². The lowest BCUT2D eigenvalue weighted by molar-refractivity contribution is 0.0746. The van der Waals surface area contributed by atoms with Gasteiger partial charge in [-0.2, -0.15) is 0 Å². The van der Waals surface area contributed by atoms with Gasteiger partial charge in [0.05, 0.1) is 5.02 Å². The highest BCUT2D eigenvalue weighted by Crippen LogP contribution is 2.24. The van der Waals surface area contributed by atoms with Gasteiger partial charge in [0.2, 0.25) is 0 Å². The topological polar surface area (TPSA) is 68.8 Å². The van der Waals surface area contributed by atoms with Crippen molar-refractivity contribution >= 4 is 35.0 Å². The molecule has 3 amide bonds. The van der Waals surface area contributed by atoms with Crippen molar-refractivity contribution in [2.24, 2.45) is 0 Å². The number of anilines is 2. The Morgan fingerprint density at radius 3 is 2.64 bits per heavy atom. The number of amides is 3. The molecule has 2 saturated heterocycles. The molecule has 2 aliphatic rings. The van der Waals surface area contributed by atoms with E-state index in [9.17, 15) is 9.59 Å². The summed E-state index contributed by atoms with van der Waals surface area (Å²) in [5.74, 6) is 0.736. The van der Waals surface area contributed by atoms with Gasteiger partial charge in [0, 0.05) is 56.7 Å². The third-order valence-electron chi connectivity index (χ3n) is 5.09. The Labute approximate surface area is 168 Å². The number of hydrogen-bond acceptors (Lipinski definition) is 4. The largest absolute Gasteiger partial charge is 0.352 e. The maximum absolute atomic E-state index is 13.0. The molecule has 0 radical (unpaired) electrons. The van der Waals surface area contributed by atoms with Crippen LogP contribution in [-0.4, -0.2) is 61.1 Å². The Bertz CT molecular complexity index is 882. The highest BCUT2D eigenvalue weighted by Gasteiger charge is 2.25. The van der Waals surface area contributed by atoms with Crippen molar-refractivity contribution in [1.29, 1.82) is 0 Å². The summed E-state index contributed by atoms with van der Waals surface area (Å²) in [6, 6.07) is 10.8. The third-order valence-corrected chi connectivity index (χ3v) is 5.39. The summed E-state index contributed by atoms with van der Waals surface area (Å²) in [5.41, 5.74) is 1.35. The van der Waals surface area contributed by atoms with Crippen LogP contribution in [-0.2, 0) is 0 Å². The van der Waals surface area contributed by atoms with Crippen LogP contribution >= 0.6 is 11.6 Å². The van der Waals surface area contributed by atoms with E-state index < -0.39 is 0 Å². The van der Waals surface area contributed by atoms with Crippen LogP contribution < -0.4 is 15.1 Å². The van der Waals surface area contributed by atoms with Crippen LogP contribution in [0.5, 0.6) is 0 Å².